The summed E-state index contributed by atoms with van der Waals surface area (Å²) in [6.07, 6.45) is 7.57. The zero-order valence-electron chi connectivity index (χ0n) is 13.6. The molecule has 24 heavy (non-hydrogen) atoms. The van der Waals surface area contributed by atoms with Gasteiger partial charge in [0.25, 0.3) is 0 Å². The summed E-state index contributed by atoms with van der Waals surface area (Å²) in [6, 6.07) is 3.81. The zero-order valence-corrected chi connectivity index (χ0v) is 14.3. The molecule has 0 saturated carbocycles. The number of piperazine rings is 1. The van der Waals surface area contributed by atoms with E-state index >= 15 is 0 Å². The first-order chi connectivity index (χ1) is 11.7. The highest BCUT2D eigenvalue weighted by atomic mass is 35.5. The van der Waals surface area contributed by atoms with Gasteiger partial charge in [-0.1, -0.05) is 11.6 Å². The van der Waals surface area contributed by atoms with E-state index in [0.29, 0.717) is 0 Å². The predicted octanol–water partition coefficient (Wildman–Crippen LogP) is 2.41. The first kappa shape index (κ1) is 15.4. The molecule has 1 aliphatic heterocycles. The zero-order chi connectivity index (χ0) is 16.5. The number of halogens is 1. The van der Waals surface area contributed by atoms with Crippen LogP contribution in [-0.2, 0) is 6.54 Å². The molecule has 0 bridgehead atoms. The SMILES string of the molecule is Cc1cncc(N2CCN(Cc3cn4cc(Cl)ccc4n3)CC2)n1. The summed E-state index contributed by atoms with van der Waals surface area (Å²) in [5.41, 5.74) is 2.96. The Morgan fingerprint density at radius 3 is 2.67 bits per heavy atom. The number of nitrogens with zero attached hydrogens (tertiary/aromatic N) is 6. The fraction of sp³-hybridized carbons (Fsp3) is 0.353. The van der Waals surface area contributed by atoms with Crippen molar-refractivity contribution in [2.75, 3.05) is 31.1 Å². The Morgan fingerprint density at radius 1 is 1.04 bits per heavy atom. The lowest BCUT2D eigenvalue weighted by atomic mass is 10.3. The summed E-state index contributed by atoms with van der Waals surface area (Å²) in [5.74, 6) is 0.969. The average Bonchev–Trinajstić information content (AvgIpc) is 2.97. The third-order valence-electron chi connectivity index (χ3n) is 4.29. The lowest BCUT2D eigenvalue weighted by molar-refractivity contribution is 0.247. The molecule has 1 saturated heterocycles. The fourth-order valence-corrected chi connectivity index (χ4v) is 3.23. The Bertz CT molecular complexity index is 853. The van der Waals surface area contributed by atoms with E-state index in [1.165, 1.54) is 0 Å². The Morgan fingerprint density at radius 2 is 1.88 bits per heavy atom. The van der Waals surface area contributed by atoms with Gasteiger partial charge in [0.15, 0.2) is 0 Å². The highest BCUT2D eigenvalue weighted by molar-refractivity contribution is 6.30. The van der Waals surface area contributed by atoms with Crippen molar-refractivity contribution in [2.45, 2.75) is 13.5 Å². The van der Waals surface area contributed by atoms with Crippen LogP contribution in [-0.4, -0.2) is 50.4 Å². The van der Waals surface area contributed by atoms with Gasteiger partial charge >= 0.3 is 0 Å². The molecule has 0 radical (unpaired) electrons. The minimum absolute atomic E-state index is 0.722. The van der Waals surface area contributed by atoms with Crippen LogP contribution in [0, 0.1) is 6.92 Å². The maximum Gasteiger partial charge on any atom is 0.147 e. The van der Waals surface area contributed by atoms with Crippen molar-refractivity contribution >= 4 is 23.1 Å². The van der Waals surface area contributed by atoms with E-state index in [4.69, 9.17) is 11.6 Å². The molecule has 124 valence electrons. The van der Waals surface area contributed by atoms with E-state index in [0.717, 1.165) is 60.6 Å². The summed E-state index contributed by atoms with van der Waals surface area (Å²) in [4.78, 5) is 18.2. The molecule has 0 amide bonds. The van der Waals surface area contributed by atoms with Crippen molar-refractivity contribution in [1.82, 2.24) is 24.3 Å². The second kappa shape index (κ2) is 6.37. The molecule has 0 aliphatic carbocycles. The maximum atomic E-state index is 6.03. The van der Waals surface area contributed by atoms with Crippen LogP contribution in [0.25, 0.3) is 5.65 Å². The van der Waals surface area contributed by atoms with Gasteiger partial charge in [0.1, 0.15) is 11.5 Å². The molecular formula is C17H19ClN6. The molecule has 1 fully saturated rings. The molecule has 0 aromatic carbocycles. The van der Waals surface area contributed by atoms with Gasteiger partial charge in [-0.25, -0.2) is 9.97 Å². The van der Waals surface area contributed by atoms with Crippen molar-refractivity contribution in [1.29, 1.82) is 0 Å². The maximum absolute atomic E-state index is 6.03. The standard InChI is InChI=1S/C17H19ClN6/c1-13-8-19-9-17(20-13)23-6-4-22(5-7-23)11-15-12-24-10-14(18)2-3-16(24)21-15/h2-3,8-10,12H,4-7,11H2,1H3. The monoisotopic (exact) mass is 342 g/mol. The first-order valence-corrected chi connectivity index (χ1v) is 8.44. The van der Waals surface area contributed by atoms with Crippen molar-refractivity contribution in [3.8, 4) is 0 Å². The van der Waals surface area contributed by atoms with E-state index in [1.807, 2.05) is 35.9 Å². The Labute approximate surface area is 145 Å². The van der Waals surface area contributed by atoms with E-state index in [-0.39, 0.29) is 0 Å². The number of hydrogen-bond donors (Lipinski definition) is 0. The van der Waals surface area contributed by atoms with E-state index in [1.54, 1.807) is 6.20 Å². The Hall–Kier alpha value is -2.18. The molecule has 3 aromatic rings. The van der Waals surface area contributed by atoms with Crippen molar-refractivity contribution in [3.63, 3.8) is 0 Å². The Balaban J connectivity index is 1.40. The first-order valence-electron chi connectivity index (χ1n) is 8.06. The molecule has 3 aromatic heterocycles. The minimum Gasteiger partial charge on any atom is -0.353 e. The van der Waals surface area contributed by atoms with Crippen LogP contribution >= 0.6 is 11.6 Å². The normalized spacial score (nSPS) is 16.0. The molecule has 7 heteroatoms. The van der Waals surface area contributed by atoms with Crippen LogP contribution in [0.1, 0.15) is 11.4 Å². The summed E-state index contributed by atoms with van der Waals surface area (Å²) < 4.78 is 1.98. The summed E-state index contributed by atoms with van der Waals surface area (Å²) >= 11 is 6.03. The van der Waals surface area contributed by atoms with Crippen LogP contribution in [0.2, 0.25) is 5.02 Å². The average molecular weight is 343 g/mol. The van der Waals surface area contributed by atoms with Gasteiger partial charge in [-0.15, -0.1) is 0 Å². The number of aryl methyl sites for hydroxylation is 1. The third-order valence-corrected chi connectivity index (χ3v) is 4.51. The molecular weight excluding hydrogens is 324 g/mol. The number of hydrogen-bond acceptors (Lipinski definition) is 5. The van der Waals surface area contributed by atoms with Gasteiger partial charge in [-0.2, -0.15) is 0 Å². The fourth-order valence-electron chi connectivity index (χ4n) is 3.06. The second-order valence-electron chi connectivity index (χ2n) is 6.13. The van der Waals surface area contributed by atoms with E-state index < -0.39 is 0 Å². The molecule has 0 N–H and O–H groups in total. The molecule has 6 nitrogen and oxygen atoms in total. The van der Waals surface area contributed by atoms with Gasteiger partial charge in [-0.3, -0.25) is 9.88 Å². The van der Waals surface area contributed by atoms with Gasteiger partial charge in [0.05, 0.1) is 22.6 Å². The lowest BCUT2D eigenvalue weighted by Crippen LogP contribution is -2.46. The third kappa shape index (κ3) is 3.20. The molecule has 1 aliphatic rings. The molecule has 0 spiro atoms. The number of imidazole rings is 1. The van der Waals surface area contributed by atoms with Gasteiger partial charge in [0.2, 0.25) is 0 Å². The van der Waals surface area contributed by atoms with Crippen molar-refractivity contribution < 1.29 is 0 Å². The number of fused-ring (bicyclic) bond motifs is 1. The summed E-state index contributed by atoms with van der Waals surface area (Å²) in [7, 11) is 0. The molecule has 0 atom stereocenters. The van der Waals surface area contributed by atoms with Gasteiger partial charge in [-0.05, 0) is 19.1 Å². The van der Waals surface area contributed by atoms with Crippen molar-refractivity contribution in [3.05, 3.63) is 53.3 Å². The highest BCUT2D eigenvalue weighted by Crippen LogP contribution is 2.16. The molecule has 4 heterocycles. The second-order valence-corrected chi connectivity index (χ2v) is 6.56. The Kier molecular flexibility index (Phi) is 4.08. The molecule has 0 unspecified atom stereocenters. The predicted molar refractivity (Wildman–Crippen MR) is 94.5 cm³/mol. The van der Waals surface area contributed by atoms with Crippen LogP contribution in [0.5, 0.6) is 0 Å². The van der Waals surface area contributed by atoms with Crippen LogP contribution in [0.4, 0.5) is 5.82 Å². The smallest absolute Gasteiger partial charge is 0.147 e. The summed E-state index contributed by atoms with van der Waals surface area (Å²) in [6.45, 7) is 6.72. The molecule has 4 rings (SSSR count). The number of rotatable bonds is 3. The van der Waals surface area contributed by atoms with Gasteiger partial charge in [0, 0.05) is 51.3 Å². The number of anilines is 1. The van der Waals surface area contributed by atoms with Gasteiger partial charge < -0.3 is 9.30 Å². The minimum atomic E-state index is 0.722. The van der Waals surface area contributed by atoms with Crippen LogP contribution in [0.3, 0.4) is 0 Å². The lowest BCUT2D eigenvalue weighted by Gasteiger charge is -2.34. The number of aromatic nitrogens is 4. The van der Waals surface area contributed by atoms with Crippen LogP contribution in [0.15, 0.2) is 36.9 Å². The largest absolute Gasteiger partial charge is 0.353 e. The number of pyridine rings is 1. The quantitative estimate of drug-likeness (QED) is 0.731. The highest BCUT2D eigenvalue weighted by Gasteiger charge is 2.19. The van der Waals surface area contributed by atoms with E-state index in [2.05, 4.69) is 30.9 Å². The topological polar surface area (TPSA) is 49.6 Å². The van der Waals surface area contributed by atoms with Crippen LogP contribution < -0.4 is 4.90 Å². The van der Waals surface area contributed by atoms with Crippen molar-refractivity contribution in [2.24, 2.45) is 0 Å². The summed E-state index contributed by atoms with van der Waals surface area (Å²) in [5, 5.41) is 0.722. The van der Waals surface area contributed by atoms with E-state index in [9.17, 15) is 0 Å².